The summed E-state index contributed by atoms with van der Waals surface area (Å²) < 4.78 is 1.06. The van der Waals surface area contributed by atoms with Gasteiger partial charge in [-0.25, -0.2) is 0 Å². The van der Waals surface area contributed by atoms with Gasteiger partial charge in [0, 0.05) is 9.64 Å². The van der Waals surface area contributed by atoms with E-state index in [0.717, 1.165) is 9.26 Å². The van der Waals surface area contributed by atoms with Crippen molar-refractivity contribution in [2.45, 2.75) is 0 Å². The topological polar surface area (TPSA) is 89.8 Å². The number of benzene rings is 1. The molecule has 0 atom stereocenters. The Hall–Kier alpha value is -1.28. The van der Waals surface area contributed by atoms with E-state index < -0.39 is 0 Å². The number of nitrogen functional groups attached to an aromatic ring is 2. The molecule has 5 N–H and O–H groups in total. The normalized spacial score (nSPS) is 10.2. The van der Waals surface area contributed by atoms with E-state index in [2.05, 4.69) is 37.9 Å². The van der Waals surface area contributed by atoms with Gasteiger partial charge in [-0.15, -0.1) is 0 Å². The second-order valence-electron chi connectivity index (χ2n) is 3.29. The number of hydrogen-bond acceptors (Lipinski definition) is 5. The van der Waals surface area contributed by atoms with Gasteiger partial charge in [0.1, 0.15) is 11.6 Å². The fourth-order valence-corrected chi connectivity index (χ4v) is 1.94. The minimum absolute atomic E-state index is 0.120. The van der Waals surface area contributed by atoms with E-state index >= 15 is 0 Å². The molecule has 7 heteroatoms. The Kier molecular flexibility index (Phi) is 3.53. The molecule has 0 spiro atoms. The van der Waals surface area contributed by atoms with Crippen molar-refractivity contribution in [1.82, 2.24) is 9.97 Å². The molecule has 0 aliphatic heterocycles. The van der Waals surface area contributed by atoms with Crippen LogP contribution in [0, 0.1) is 3.57 Å². The zero-order valence-corrected chi connectivity index (χ0v) is 11.5. The van der Waals surface area contributed by atoms with Crippen molar-refractivity contribution < 1.29 is 0 Å². The van der Waals surface area contributed by atoms with Crippen molar-refractivity contribution in [2.24, 2.45) is 0 Å². The second kappa shape index (κ2) is 4.92. The van der Waals surface area contributed by atoms with Crippen LogP contribution in [0.1, 0.15) is 0 Å². The summed E-state index contributed by atoms with van der Waals surface area (Å²) in [6, 6.07) is 7.21. The van der Waals surface area contributed by atoms with Gasteiger partial charge in [-0.3, -0.25) is 0 Å². The molecule has 0 bridgehead atoms. The van der Waals surface area contributed by atoms with Crippen molar-refractivity contribution in [3.63, 3.8) is 0 Å². The molecule has 2 aromatic rings. The zero-order valence-electron chi connectivity index (χ0n) is 8.61. The molecule has 0 saturated heterocycles. The molecule has 0 fully saturated rings. The third-order valence-corrected chi connectivity index (χ3v) is 2.95. The first kappa shape index (κ1) is 12.2. The third kappa shape index (κ3) is 3.10. The maximum atomic E-state index is 6.05. The molecule has 0 aliphatic rings. The van der Waals surface area contributed by atoms with E-state index in [1.165, 1.54) is 0 Å². The first-order valence-electron chi connectivity index (χ1n) is 4.67. The van der Waals surface area contributed by atoms with E-state index in [-0.39, 0.29) is 5.95 Å². The molecule has 1 heterocycles. The summed E-state index contributed by atoms with van der Waals surface area (Å²) in [5, 5.41) is 3.65. The van der Waals surface area contributed by atoms with E-state index in [4.69, 9.17) is 23.1 Å². The lowest BCUT2D eigenvalue weighted by molar-refractivity contribution is 1.19. The Bertz CT molecular complexity index is 540. The summed E-state index contributed by atoms with van der Waals surface area (Å²) in [4.78, 5) is 7.80. The maximum Gasteiger partial charge on any atom is 0.223 e. The highest BCUT2D eigenvalue weighted by Gasteiger charge is 2.04. The zero-order chi connectivity index (χ0) is 12.4. The molecule has 0 radical (unpaired) electrons. The SMILES string of the molecule is Nc1cc(Nc2cc(I)ccc2Cl)nc(N)n1. The number of halogens is 2. The molecular formula is C10H9ClIN5. The molecule has 0 amide bonds. The highest BCUT2D eigenvalue weighted by atomic mass is 127. The average molecular weight is 362 g/mol. The molecule has 17 heavy (non-hydrogen) atoms. The molecule has 1 aromatic carbocycles. The van der Waals surface area contributed by atoms with Crippen LogP contribution in [-0.4, -0.2) is 9.97 Å². The molecule has 0 saturated carbocycles. The molecule has 2 rings (SSSR count). The highest BCUT2D eigenvalue weighted by molar-refractivity contribution is 14.1. The van der Waals surface area contributed by atoms with Crippen LogP contribution in [0.15, 0.2) is 24.3 Å². The van der Waals surface area contributed by atoms with Gasteiger partial charge < -0.3 is 16.8 Å². The van der Waals surface area contributed by atoms with Gasteiger partial charge in [-0.1, -0.05) is 11.6 Å². The van der Waals surface area contributed by atoms with Crippen molar-refractivity contribution in [3.05, 3.63) is 32.9 Å². The minimum Gasteiger partial charge on any atom is -0.383 e. The smallest absolute Gasteiger partial charge is 0.223 e. The van der Waals surface area contributed by atoms with Crippen LogP contribution in [0.3, 0.4) is 0 Å². The van der Waals surface area contributed by atoms with Gasteiger partial charge in [-0.2, -0.15) is 9.97 Å². The van der Waals surface area contributed by atoms with Crippen molar-refractivity contribution in [3.8, 4) is 0 Å². The molecule has 88 valence electrons. The van der Waals surface area contributed by atoms with Crippen molar-refractivity contribution in [2.75, 3.05) is 16.8 Å². The first-order chi connectivity index (χ1) is 8.04. The second-order valence-corrected chi connectivity index (χ2v) is 4.94. The molecular weight excluding hydrogens is 353 g/mol. The number of nitrogens with one attached hydrogen (secondary N) is 1. The number of aromatic nitrogens is 2. The van der Waals surface area contributed by atoms with Gasteiger partial charge >= 0.3 is 0 Å². The monoisotopic (exact) mass is 361 g/mol. The van der Waals surface area contributed by atoms with Crippen LogP contribution in [-0.2, 0) is 0 Å². The van der Waals surface area contributed by atoms with Crippen LogP contribution in [0.4, 0.5) is 23.3 Å². The number of hydrogen-bond donors (Lipinski definition) is 3. The quantitative estimate of drug-likeness (QED) is 0.716. The summed E-state index contributed by atoms with van der Waals surface area (Å²) in [5.41, 5.74) is 11.8. The predicted molar refractivity (Wildman–Crippen MR) is 78.3 cm³/mol. The summed E-state index contributed by atoms with van der Waals surface area (Å²) in [6.07, 6.45) is 0. The Morgan fingerprint density at radius 3 is 2.65 bits per heavy atom. The van der Waals surface area contributed by atoms with E-state index in [1.807, 2.05) is 12.1 Å². The van der Waals surface area contributed by atoms with E-state index in [9.17, 15) is 0 Å². The molecule has 0 unspecified atom stereocenters. The van der Waals surface area contributed by atoms with Gasteiger partial charge in [0.2, 0.25) is 5.95 Å². The van der Waals surface area contributed by atoms with Gasteiger partial charge in [0.05, 0.1) is 10.7 Å². The highest BCUT2D eigenvalue weighted by Crippen LogP contribution is 2.27. The Labute approximate surface area is 117 Å². The summed E-state index contributed by atoms with van der Waals surface area (Å²) >= 11 is 8.25. The van der Waals surface area contributed by atoms with Crippen LogP contribution < -0.4 is 16.8 Å². The lowest BCUT2D eigenvalue weighted by atomic mass is 10.3. The first-order valence-corrected chi connectivity index (χ1v) is 6.12. The van der Waals surface area contributed by atoms with Gasteiger partial charge in [-0.05, 0) is 40.8 Å². The van der Waals surface area contributed by atoms with Crippen molar-refractivity contribution >= 4 is 57.5 Å². The van der Waals surface area contributed by atoms with Gasteiger partial charge in [0.25, 0.3) is 0 Å². The standard InChI is InChI=1S/C10H9ClIN5/c11-6-2-1-5(12)3-7(6)15-9-4-8(13)16-10(14)17-9/h1-4H,(H5,13,14,15,16,17). The minimum atomic E-state index is 0.120. The number of anilines is 4. The lowest BCUT2D eigenvalue weighted by Crippen LogP contribution is -2.03. The average Bonchev–Trinajstić information content (AvgIpc) is 2.22. The summed E-state index contributed by atoms with van der Waals surface area (Å²) in [5.74, 6) is 0.940. The number of nitrogens with zero attached hydrogens (tertiary/aromatic N) is 2. The fraction of sp³-hybridized carbons (Fsp3) is 0. The molecule has 5 nitrogen and oxygen atoms in total. The number of rotatable bonds is 2. The summed E-state index contributed by atoms with van der Waals surface area (Å²) in [6.45, 7) is 0. The van der Waals surface area contributed by atoms with Crippen molar-refractivity contribution in [1.29, 1.82) is 0 Å². The molecule has 0 aliphatic carbocycles. The largest absolute Gasteiger partial charge is 0.383 e. The van der Waals surface area contributed by atoms with E-state index in [0.29, 0.717) is 16.7 Å². The molecule has 1 aromatic heterocycles. The van der Waals surface area contributed by atoms with E-state index in [1.54, 1.807) is 12.1 Å². The Morgan fingerprint density at radius 1 is 1.18 bits per heavy atom. The third-order valence-electron chi connectivity index (χ3n) is 1.95. The predicted octanol–water partition coefficient (Wildman–Crippen LogP) is 2.64. The van der Waals surface area contributed by atoms with Crippen LogP contribution >= 0.6 is 34.2 Å². The Balaban J connectivity index is 2.34. The Morgan fingerprint density at radius 2 is 1.94 bits per heavy atom. The maximum absolute atomic E-state index is 6.05. The lowest BCUT2D eigenvalue weighted by Gasteiger charge is -2.08. The van der Waals surface area contributed by atoms with Crippen LogP contribution in [0.25, 0.3) is 0 Å². The number of nitrogens with two attached hydrogens (primary N) is 2. The van der Waals surface area contributed by atoms with Crippen LogP contribution in [0.5, 0.6) is 0 Å². The fourth-order valence-electron chi connectivity index (χ4n) is 1.28. The van der Waals surface area contributed by atoms with Crippen LogP contribution in [0.2, 0.25) is 5.02 Å². The van der Waals surface area contributed by atoms with Gasteiger partial charge in [0.15, 0.2) is 0 Å². The summed E-state index contributed by atoms with van der Waals surface area (Å²) in [7, 11) is 0.